The number of hydrogen-bond acceptors (Lipinski definition) is 5. The number of aromatic nitrogens is 2. The van der Waals surface area contributed by atoms with E-state index in [1.807, 2.05) is 6.92 Å². The monoisotopic (exact) mass is 285 g/mol. The number of nitrogens with zero attached hydrogens (tertiary/aromatic N) is 2. The summed E-state index contributed by atoms with van der Waals surface area (Å²) in [6.45, 7) is 5.82. The van der Waals surface area contributed by atoms with Crippen molar-refractivity contribution in [3.63, 3.8) is 0 Å². The molecule has 1 N–H and O–H groups in total. The number of nitrogens with one attached hydrogen (secondary N) is 1. The van der Waals surface area contributed by atoms with Gasteiger partial charge in [0.25, 0.3) is 0 Å². The number of ether oxygens (including phenoxy) is 2. The maximum absolute atomic E-state index is 6.00. The topological polar surface area (TPSA) is 56.3 Å². The molecule has 2 heterocycles. The van der Waals surface area contributed by atoms with Gasteiger partial charge in [-0.05, 0) is 26.7 Å². The van der Waals surface area contributed by atoms with Crippen LogP contribution in [0.15, 0.2) is 6.07 Å². The minimum atomic E-state index is 0.284. The van der Waals surface area contributed by atoms with Gasteiger partial charge in [0, 0.05) is 25.3 Å². The van der Waals surface area contributed by atoms with Crippen LogP contribution in [0.3, 0.4) is 0 Å². The smallest absolute Gasteiger partial charge is 0.158 e. The summed E-state index contributed by atoms with van der Waals surface area (Å²) in [6, 6.07) is 2.12. The van der Waals surface area contributed by atoms with Gasteiger partial charge in [0.05, 0.1) is 6.10 Å². The highest BCUT2D eigenvalue weighted by atomic mass is 35.5. The van der Waals surface area contributed by atoms with Crippen LogP contribution in [0.1, 0.15) is 32.5 Å². The minimum absolute atomic E-state index is 0.284. The van der Waals surface area contributed by atoms with Crippen LogP contribution >= 0.6 is 11.6 Å². The van der Waals surface area contributed by atoms with Gasteiger partial charge >= 0.3 is 0 Å². The molecule has 0 amide bonds. The number of hydrogen-bond donors (Lipinski definition) is 1. The first-order valence-corrected chi connectivity index (χ1v) is 7.04. The van der Waals surface area contributed by atoms with Crippen molar-refractivity contribution in [2.45, 2.75) is 45.4 Å². The van der Waals surface area contributed by atoms with Gasteiger partial charge in [-0.25, -0.2) is 9.97 Å². The van der Waals surface area contributed by atoms with Crippen molar-refractivity contribution in [3.8, 4) is 0 Å². The van der Waals surface area contributed by atoms with Crippen LogP contribution < -0.4 is 5.32 Å². The molecule has 2 atom stereocenters. The molecule has 1 aromatic rings. The average Bonchev–Trinajstić information content (AvgIpc) is 2.35. The van der Waals surface area contributed by atoms with E-state index in [-0.39, 0.29) is 6.10 Å². The molecule has 19 heavy (non-hydrogen) atoms. The van der Waals surface area contributed by atoms with E-state index < -0.39 is 0 Å². The standard InChI is InChI=1S/C13H20ClN3O2/c1-3-18-8-13-16-11(14)7-12(17-13)15-10-4-5-19-9(2)6-10/h7,9-10H,3-6,8H2,1-2H3,(H,15,16,17). The maximum Gasteiger partial charge on any atom is 0.158 e. The van der Waals surface area contributed by atoms with E-state index in [1.165, 1.54) is 0 Å². The fourth-order valence-electron chi connectivity index (χ4n) is 2.13. The second kappa shape index (κ2) is 7.03. The molecule has 5 nitrogen and oxygen atoms in total. The molecule has 2 unspecified atom stereocenters. The van der Waals surface area contributed by atoms with Gasteiger partial charge in [0.15, 0.2) is 5.82 Å². The first-order chi connectivity index (χ1) is 9.17. The van der Waals surface area contributed by atoms with Gasteiger partial charge in [-0.2, -0.15) is 0 Å². The predicted molar refractivity (Wildman–Crippen MR) is 74.4 cm³/mol. The fourth-order valence-corrected chi connectivity index (χ4v) is 2.34. The first kappa shape index (κ1) is 14.5. The third-order valence-corrected chi connectivity index (χ3v) is 3.21. The maximum atomic E-state index is 6.00. The van der Waals surface area contributed by atoms with Gasteiger partial charge in [0.2, 0.25) is 0 Å². The van der Waals surface area contributed by atoms with E-state index in [2.05, 4.69) is 22.2 Å². The average molecular weight is 286 g/mol. The SMILES string of the molecule is CCOCc1nc(Cl)cc(NC2CCOC(C)C2)n1. The summed E-state index contributed by atoms with van der Waals surface area (Å²) in [4.78, 5) is 8.56. The molecule has 1 aliphatic rings. The molecule has 106 valence electrons. The van der Waals surface area contributed by atoms with Crippen LogP contribution in [-0.4, -0.2) is 35.3 Å². The molecule has 1 saturated heterocycles. The van der Waals surface area contributed by atoms with Crippen molar-refractivity contribution in [2.24, 2.45) is 0 Å². The molecule has 0 bridgehead atoms. The highest BCUT2D eigenvalue weighted by molar-refractivity contribution is 6.29. The normalized spacial score (nSPS) is 23.3. The van der Waals surface area contributed by atoms with Crippen LogP contribution in [0.5, 0.6) is 0 Å². The van der Waals surface area contributed by atoms with Crippen molar-refractivity contribution >= 4 is 17.4 Å². The molecule has 0 aliphatic carbocycles. The highest BCUT2D eigenvalue weighted by Gasteiger charge is 2.19. The van der Waals surface area contributed by atoms with Gasteiger partial charge in [0.1, 0.15) is 17.6 Å². The van der Waals surface area contributed by atoms with Crippen LogP contribution in [0.4, 0.5) is 5.82 Å². The quantitative estimate of drug-likeness (QED) is 0.843. The Labute approximate surface area is 118 Å². The van der Waals surface area contributed by atoms with Gasteiger partial charge in [-0.15, -0.1) is 0 Å². The van der Waals surface area contributed by atoms with E-state index in [9.17, 15) is 0 Å². The summed E-state index contributed by atoms with van der Waals surface area (Å²) in [6.07, 6.45) is 2.24. The Bertz CT molecular complexity index is 417. The largest absolute Gasteiger partial charge is 0.378 e. The zero-order valence-corrected chi connectivity index (χ0v) is 12.1. The van der Waals surface area contributed by atoms with E-state index in [0.29, 0.717) is 30.2 Å². The molecule has 0 saturated carbocycles. The van der Waals surface area contributed by atoms with E-state index in [1.54, 1.807) is 6.07 Å². The summed E-state index contributed by atoms with van der Waals surface area (Å²) < 4.78 is 10.8. The van der Waals surface area contributed by atoms with Crippen molar-refractivity contribution in [3.05, 3.63) is 17.0 Å². The zero-order valence-electron chi connectivity index (χ0n) is 11.4. The van der Waals surface area contributed by atoms with Crippen LogP contribution in [-0.2, 0) is 16.1 Å². The molecule has 0 radical (unpaired) electrons. The molecule has 6 heteroatoms. The van der Waals surface area contributed by atoms with Gasteiger partial charge in [-0.3, -0.25) is 0 Å². The molecular weight excluding hydrogens is 266 g/mol. The van der Waals surface area contributed by atoms with E-state index in [4.69, 9.17) is 21.1 Å². The summed E-state index contributed by atoms with van der Waals surface area (Å²) in [5.41, 5.74) is 0. The lowest BCUT2D eigenvalue weighted by Crippen LogP contribution is -2.32. The lowest BCUT2D eigenvalue weighted by Gasteiger charge is -2.28. The van der Waals surface area contributed by atoms with Crippen molar-refractivity contribution < 1.29 is 9.47 Å². The minimum Gasteiger partial charge on any atom is -0.378 e. The van der Waals surface area contributed by atoms with Gasteiger partial charge < -0.3 is 14.8 Å². The number of rotatable bonds is 5. The molecule has 0 aromatic carbocycles. The van der Waals surface area contributed by atoms with Crippen molar-refractivity contribution in [1.82, 2.24) is 9.97 Å². The van der Waals surface area contributed by atoms with Crippen molar-refractivity contribution in [2.75, 3.05) is 18.5 Å². The molecular formula is C13H20ClN3O2. The van der Waals surface area contributed by atoms with Crippen LogP contribution in [0.25, 0.3) is 0 Å². The molecule has 0 spiro atoms. The van der Waals surface area contributed by atoms with Crippen LogP contribution in [0.2, 0.25) is 5.15 Å². The van der Waals surface area contributed by atoms with E-state index >= 15 is 0 Å². The molecule has 1 fully saturated rings. The Morgan fingerprint density at radius 3 is 3.11 bits per heavy atom. The second-order valence-corrected chi connectivity index (χ2v) is 5.06. The summed E-state index contributed by atoms with van der Waals surface area (Å²) in [7, 11) is 0. The highest BCUT2D eigenvalue weighted by Crippen LogP contribution is 2.19. The Hall–Kier alpha value is -0.910. The third-order valence-electron chi connectivity index (χ3n) is 3.01. The molecule has 2 rings (SSSR count). The lowest BCUT2D eigenvalue weighted by atomic mass is 10.0. The number of anilines is 1. The molecule has 1 aliphatic heterocycles. The molecule has 1 aromatic heterocycles. The summed E-state index contributed by atoms with van der Waals surface area (Å²) >= 11 is 6.00. The number of halogens is 1. The van der Waals surface area contributed by atoms with Crippen molar-refractivity contribution in [1.29, 1.82) is 0 Å². The second-order valence-electron chi connectivity index (χ2n) is 4.68. The Kier molecular flexibility index (Phi) is 5.36. The third kappa shape index (κ3) is 4.60. The zero-order chi connectivity index (χ0) is 13.7. The fraction of sp³-hybridized carbons (Fsp3) is 0.692. The summed E-state index contributed by atoms with van der Waals surface area (Å²) in [5, 5.41) is 3.84. The Morgan fingerprint density at radius 2 is 2.37 bits per heavy atom. The van der Waals surface area contributed by atoms with E-state index in [0.717, 1.165) is 25.3 Å². The predicted octanol–water partition coefficient (Wildman–Crippen LogP) is 2.65. The Balaban J connectivity index is 2.00. The first-order valence-electron chi connectivity index (χ1n) is 6.66. The van der Waals surface area contributed by atoms with Crippen LogP contribution in [0, 0.1) is 0 Å². The Morgan fingerprint density at radius 1 is 1.53 bits per heavy atom. The lowest BCUT2D eigenvalue weighted by molar-refractivity contribution is 0.0231. The van der Waals surface area contributed by atoms with Gasteiger partial charge in [-0.1, -0.05) is 11.6 Å². The summed E-state index contributed by atoms with van der Waals surface area (Å²) in [5.74, 6) is 1.37.